The number of nitrogens with one attached hydrogen (secondary N) is 1. The van der Waals surface area contributed by atoms with Crippen molar-refractivity contribution in [2.45, 2.75) is 0 Å². The van der Waals surface area contributed by atoms with Gasteiger partial charge in [0.2, 0.25) is 5.91 Å². The Balaban J connectivity index is 1.60. The van der Waals surface area contributed by atoms with Gasteiger partial charge in [-0.25, -0.2) is 13.6 Å². The molecule has 1 fully saturated rings. The van der Waals surface area contributed by atoms with E-state index >= 15 is 0 Å². The number of hydrogen-bond donors (Lipinski definition) is 1. The van der Waals surface area contributed by atoms with E-state index in [4.69, 9.17) is 4.74 Å². The molecule has 3 rings (SSSR count). The molecule has 1 aliphatic heterocycles. The summed E-state index contributed by atoms with van der Waals surface area (Å²) in [6, 6.07) is 9.64. The number of benzene rings is 2. The summed E-state index contributed by atoms with van der Waals surface area (Å²) >= 11 is 0. The number of rotatable bonds is 5. The number of hydrogen-bond acceptors (Lipinski definition) is 3. The second-order valence-corrected chi connectivity index (χ2v) is 5.73. The van der Waals surface area contributed by atoms with Gasteiger partial charge in [-0.1, -0.05) is 0 Å². The molecule has 8 heteroatoms. The minimum absolute atomic E-state index is 0.134. The van der Waals surface area contributed by atoms with Crippen LogP contribution in [0, 0.1) is 11.6 Å². The molecular formula is C18H17F2N3O3. The number of urea groups is 1. The van der Waals surface area contributed by atoms with Crippen LogP contribution < -0.4 is 15.0 Å². The third-order valence-corrected chi connectivity index (χ3v) is 4.02. The average molecular weight is 361 g/mol. The van der Waals surface area contributed by atoms with Crippen LogP contribution in [0.15, 0.2) is 42.5 Å². The van der Waals surface area contributed by atoms with E-state index in [1.165, 1.54) is 15.9 Å². The number of amides is 3. The van der Waals surface area contributed by atoms with Crippen LogP contribution in [-0.2, 0) is 4.79 Å². The van der Waals surface area contributed by atoms with Gasteiger partial charge in [0, 0.05) is 30.5 Å². The van der Waals surface area contributed by atoms with Crippen molar-refractivity contribution in [1.82, 2.24) is 4.90 Å². The van der Waals surface area contributed by atoms with Crippen molar-refractivity contribution in [1.29, 1.82) is 0 Å². The molecule has 0 radical (unpaired) electrons. The maximum absolute atomic E-state index is 13.4. The lowest BCUT2D eigenvalue weighted by Crippen LogP contribution is -2.37. The van der Waals surface area contributed by atoms with Gasteiger partial charge in [0.15, 0.2) is 11.6 Å². The van der Waals surface area contributed by atoms with E-state index in [1.807, 2.05) is 0 Å². The maximum atomic E-state index is 13.4. The molecule has 0 spiro atoms. The summed E-state index contributed by atoms with van der Waals surface area (Å²) in [6.07, 6.45) is 0. The van der Waals surface area contributed by atoms with Gasteiger partial charge in [-0.2, -0.15) is 0 Å². The highest BCUT2D eigenvalue weighted by Gasteiger charge is 2.31. The minimum atomic E-state index is -1.02. The number of anilines is 2. The first-order valence-electron chi connectivity index (χ1n) is 7.93. The lowest BCUT2D eigenvalue weighted by molar-refractivity contribution is -0.116. The van der Waals surface area contributed by atoms with Crippen molar-refractivity contribution in [3.63, 3.8) is 0 Å². The molecule has 0 aromatic heterocycles. The van der Waals surface area contributed by atoms with Crippen molar-refractivity contribution >= 4 is 23.3 Å². The summed E-state index contributed by atoms with van der Waals surface area (Å²) in [4.78, 5) is 27.2. The lowest BCUT2D eigenvalue weighted by Gasteiger charge is -2.18. The van der Waals surface area contributed by atoms with Gasteiger partial charge in [-0.3, -0.25) is 9.69 Å². The maximum Gasteiger partial charge on any atom is 0.325 e. The second-order valence-electron chi connectivity index (χ2n) is 5.73. The van der Waals surface area contributed by atoms with Crippen LogP contribution in [0.25, 0.3) is 0 Å². The molecule has 2 aromatic rings. The molecule has 6 nitrogen and oxygen atoms in total. The SMILES string of the molecule is COc1ccc(NC(=O)CN2CCN(c3ccc(F)c(F)c3)C2=O)cc1. The first-order valence-corrected chi connectivity index (χ1v) is 7.93. The molecular weight excluding hydrogens is 344 g/mol. The number of nitrogens with zero attached hydrogens (tertiary/aromatic N) is 2. The number of halogens is 2. The van der Waals surface area contributed by atoms with Crippen LogP contribution in [0.1, 0.15) is 0 Å². The topological polar surface area (TPSA) is 61.9 Å². The predicted molar refractivity (Wildman–Crippen MR) is 92.3 cm³/mol. The Labute approximate surface area is 149 Å². The molecule has 0 aliphatic carbocycles. The monoisotopic (exact) mass is 361 g/mol. The third kappa shape index (κ3) is 3.74. The molecule has 0 unspecified atom stereocenters. The molecule has 136 valence electrons. The summed E-state index contributed by atoms with van der Waals surface area (Å²) in [5.74, 6) is -1.68. The van der Waals surface area contributed by atoms with Crippen molar-refractivity contribution in [3.05, 3.63) is 54.1 Å². The van der Waals surface area contributed by atoms with Crippen LogP contribution in [0.4, 0.5) is 25.0 Å². The Morgan fingerprint density at radius 3 is 2.50 bits per heavy atom. The number of carbonyl (C=O) groups excluding carboxylic acids is 2. The van der Waals surface area contributed by atoms with Gasteiger partial charge in [-0.05, 0) is 36.4 Å². The summed E-state index contributed by atoms with van der Waals surface area (Å²) in [6.45, 7) is 0.471. The van der Waals surface area contributed by atoms with Gasteiger partial charge >= 0.3 is 6.03 Å². The first-order chi connectivity index (χ1) is 12.5. The lowest BCUT2D eigenvalue weighted by atomic mass is 10.3. The fourth-order valence-corrected chi connectivity index (χ4v) is 2.67. The van der Waals surface area contributed by atoms with Gasteiger partial charge < -0.3 is 15.0 Å². The number of carbonyl (C=O) groups is 2. The number of methoxy groups -OCH3 is 1. The first kappa shape index (κ1) is 17.7. The van der Waals surface area contributed by atoms with E-state index in [1.54, 1.807) is 31.4 Å². The Bertz CT molecular complexity index is 827. The smallest absolute Gasteiger partial charge is 0.325 e. The molecule has 26 heavy (non-hydrogen) atoms. The highest BCUT2D eigenvalue weighted by Crippen LogP contribution is 2.22. The molecule has 1 saturated heterocycles. The van der Waals surface area contributed by atoms with E-state index in [-0.39, 0.29) is 18.1 Å². The fourth-order valence-electron chi connectivity index (χ4n) is 2.67. The standard InChI is InChI=1S/C18H17F2N3O3/c1-26-14-5-2-12(3-6-14)21-17(24)11-22-8-9-23(18(22)25)13-4-7-15(19)16(20)10-13/h2-7,10H,8-9,11H2,1H3,(H,21,24). The van der Waals surface area contributed by atoms with Crippen LogP contribution >= 0.6 is 0 Å². The average Bonchev–Trinajstić information content (AvgIpc) is 2.98. The van der Waals surface area contributed by atoms with Crippen molar-refractivity contribution in [3.8, 4) is 5.75 Å². The molecule has 0 bridgehead atoms. The number of ether oxygens (including phenoxy) is 1. The Morgan fingerprint density at radius 2 is 1.85 bits per heavy atom. The Kier molecular flexibility index (Phi) is 5.01. The van der Waals surface area contributed by atoms with Gasteiger partial charge in [0.25, 0.3) is 0 Å². The molecule has 3 amide bonds. The van der Waals surface area contributed by atoms with Gasteiger partial charge in [0.05, 0.1) is 7.11 Å². The summed E-state index contributed by atoms with van der Waals surface area (Å²) < 4.78 is 31.4. The van der Waals surface area contributed by atoms with Crippen molar-refractivity contribution in [2.75, 3.05) is 37.0 Å². The van der Waals surface area contributed by atoms with Gasteiger partial charge in [0.1, 0.15) is 12.3 Å². The molecule has 1 N–H and O–H groups in total. The minimum Gasteiger partial charge on any atom is -0.497 e. The zero-order valence-corrected chi connectivity index (χ0v) is 14.0. The van der Waals surface area contributed by atoms with E-state index in [0.29, 0.717) is 24.5 Å². The Hall–Kier alpha value is -3.16. The predicted octanol–water partition coefficient (Wildman–Crippen LogP) is 2.85. The molecule has 0 atom stereocenters. The van der Waals surface area contributed by atoms with Crippen LogP contribution in [0.3, 0.4) is 0 Å². The summed E-state index contributed by atoms with van der Waals surface area (Å²) in [7, 11) is 1.55. The van der Waals surface area contributed by atoms with E-state index in [2.05, 4.69) is 5.32 Å². The van der Waals surface area contributed by atoms with Crippen LogP contribution in [-0.4, -0.2) is 43.6 Å². The second kappa shape index (κ2) is 7.38. The zero-order valence-electron chi connectivity index (χ0n) is 14.0. The van der Waals surface area contributed by atoms with Crippen LogP contribution in [0.2, 0.25) is 0 Å². The normalized spacial score (nSPS) is 13.9. The van der Waals surface area contributed by atoms with E-state index < -0.39 is 17.7 Å². The van der Waals surface area contributed by atoms with E-state index in [9.17, 15) is 18.4 Å². The third-order valence-electron chi connectivity index (χ3n) is 4.02. The fraction of sp³-hybridized carbons (Fsp3) is 0.222. The molecule has 0 saturated carbocycles. The summed E-state index contributed by atoms with van der Waals surface area (Å²) in [5.41, 5.74) is 0.840. The Morgan fingerprint density at radius 1 is 1.12 bits per heavy atom. The largest absolute Gasteiger partial charge is 0.497 e. The summed E-state index contributed by atoms with van der Waals surface area (Å²) in [5, 5.41) is 2.70. The van der Waals surface area contributed by atoms with Gasteiger partial charge in [-0.15, -0.1) is 0 Å². The van der Waals surface area contributed by atoms with E-state index in [0.717, 1.165) is 12.1 Å². The highest BCUT2D eigenvalue weighted by atomic mass is 19.2. The molecule has 1 heterocycles. The zero-order chi connectivity index (χ0) is 18.7. The van der Waals surface area contributed by atoms with Crippen molar-refractivity contribution < 1.29 is 23.1 Å². The quantitative estimate of drug-likeness (QED) is 0.891. The molecule has 2 aromatic carbocycles. The molecule has 1 aliphatic rings. The van der Waals surface area contributed by atoms with Crippen molar-refractivity contribution in [2.24, 2.45) is 0 Å². The highest BCUT2D eigenvalue weighted by molar-refractivity contribution is 5.99. The van der Waals surface area contributed by atoms with Crippen LogP contribution in [0.5, 0.6) is 5.75 Å².